The number of hydrogen-bond acceptors (Lipinski definition) is 6. The van der Waals surface area contributed by atoms with E-state index >= 15 is 0 Å². The lowest BCUT2D eigenvalue weighted by Crippen LogP contribution is -2.56. The Morgan fingerprint density at radius 2 is 1.79 bits per heavy atom. The SMILES string of the molecule is CC(=O)N1CC(C(=O)NCC2C[C@H]3CC[C@@H](C2)N3C(=O)c2nccnc2N)C1. The summed E-state index contributed by atoms with van der Waals surface area (Å²) < 4.78 is 0. The van der Waals surface area contributed by atoms with Gasteiger partial charge in [0.2, 0.25) is 11.8 Å². The van der Waals surface area contributed by atoms with Crippen molar-refractivity contribution in [3.05, 3.63) is 18.1 Å². The predicted molar refractivity (Wildman–Crippen MR) is 101 cm³/mol. The number of nitrogen functional groups attached to an aromatic ring is 1. The number of nitrogens with zero attached hydrogens (tertiary/aromatic N) is 4. The molecular formula is C19H26N6O3. The third-order valence-corrected chi connectivity index (χ3v) is 6.26. The molecule has 3 atom stereocenters. The molecule has 0 saturated carbocycles. The number of aromatic nitrogens is 2. The molecule has 1 aromatic rings. The van der Waals surface area contributed by atoms with Crippen molar-refractivity contribution in [2.24, 2.45) is 11.8 Å². The number of likely N-dealkylation sites (tertiary alicyclic amines) is 1. The van der Waals surface area contributed by atoms with E-state index in [9.17, 15) is 14.4 Å². The number of anilines is 1. The molecular weight excluding hydrogens is 360 g/mol. The van der Waals surface area contributed by atoms with Crippen LogP contribution >= 0.6 is 0 Å². The molecule has 0 spiro atoms. The maximum atomic E-state index is 12.9. The zero-order valence-electron chi connectivity index (χ0n) is 16.0. The van der Waals surface area contributed by atoms with E-state index in [2.05, 4.69) is 15.3 Å². The van der Waals surface area contributed by atoms with Gasteiger partial charge in [-0.25, -0.2) is 9.97 Å². The molecule has 0 aromatic carbocycles. The highest BCUT2D eigenvalue weighted by molar-refractivity contribution is 5.96. The number of nitrogens with two attached hydrogens (primary N) is 1. The van der Waals surface area contributed by atoms with E-state index in [0.717, 1.165) is 25.7 Å². The van der Waals surface area contributed by atoms with Crippen molar-refractivity contribution in [3.8, 4) is 0 Å². The molecule has 150 valence electrons. The molecule has 3 aliphatic heterocycles. The highest BCUT2D eigenvalue weighted by Crippen LogP contribution is 2.39. The fourth-order valence-corrected chi connectivity index (χ4v) is 4.71. The standard InChI is InChI=1S/C19H26N6O3/c1-11(26)24-9-13(10-24)18(27)23-8-12-6-14-2-3-15(7-12)25(14)19(28)16-17(20)22-5-4-21-16/h4-5,12-15H,2-3,6-10H2,1H3,(H2,20,22)(H,23,27)/t12?,14-,15+. The number of rotatable bonds is 4. The average molecular weight is 386 g/mol. The van der Waals surface area contributed by atoms with Crippen molar-refractivity contribution < 1.29 is 14.4 Å². The van der Waals surface area contributed by atoms with Crippen LogP contribution in [0, 0.1) is 11.8 Å². The summed E-state index contributed by atoms with van der Waals surface area (Å²) >= 11 is 0. The third-order valence-electron chi connectivity index (χ3n) is 6.26. The van der Waals surface area contributed by atoms with Crippen molar-refractivity contribution in [1.29, 1.82) is 0 Å². The van der Waals surface area contributed by atoms with Crippen LogP contribution in [0.5, 0.6) is 0 Å². The lowest BCUT2D eigenvalue weighted by molar-refractivity contribution is -0.141. The van der Waals surface area contributed by atoms with Crippen molar-refractivity contribution in [2.75, 3.05) is 25.4 Å². The fraction of sp³-hybridized carbons (Fsp3) is 0.632. The molecule has 1 unspecified atom stereocenters. The highest BCUT2D eigenvalue weighted by Gasteiger charge is 2.44. The minimum atomic E-state index is -0.139. The molecule has 0 radical (unpaired) electrons. The van der Waals surface area contributed by atoms with Crippen LogP contribution in [0.4, 0.5) is 5.82 Å². The molecule has 3 N–H and O–H groups in total. The molecule has 3 aliphatic rings. The van der Waals surface area contributed by atoms with Gasteiger partial charge in [0.1, 0.15) is 0 Å². The number of fused-ring (bicyclic) bond motifs is 2. The van der Waals surface area contributed by atoms with Gasteiger partial charge in [-0.05, 0) is 31.6 Å². The molecule has 9 nitrogen and oxygen atoms in total. The molecule has 3 saturated heterocycles. The Balaban J connectivity index is 1.31. The maximum absolute atomic E-state index is 12.9. The smallest absolute Gasteiger partial charge is 0.276 e. The van der Waals surface area contributed by atoms with Crippen LogP contribution in [0.3, 0.4) is 0 Å². The molecule has 3 amide bonds. The number of nitrogens with one attached hydrogen (secondary N) is 1. The monoisotopic (exact) mass is 386 g/mol. The summed E-state index contributed by atoms with van der Waals surface area (Å²) in [4.78, 5) is 48.1. The normalized spacial score (nSPS) is 26.7. The first-order valence-electron chi connectivity index (χ1n) is 9.86. The van der Waals surface area contributed by atoms with Crippen LogP contribution in [-0.4, -0.2) is 69.2 Å². The predicted octanol–water partition coefficient (Wildman–Crippen LogP) is 0.0365. The van der Waals surface area contributed by atoms with Crippen molar-refractivity contribution >= 4 is 23.5 Å². The summed E-state index contributed by atoms with van der Waals surface area (Å²) in [5.74, 6) is 0.327. The Morgan fingerprint density at radius 3 is 2.39 bits per heavy atom. The molecule has 28 heavy (non-hydrogen) atoms. The zero-order chi connectivity index (χ0) is 19.8. The van der Waals surface area contributed by atoms with Crippen LogP contribution in [0.1, 0.15) is 43.1 Å². The first kappa shape index (κ1) is 18.6. The highest BCUT2D eigenvalue weighted by atomic mass is 16.2. The number of piperidine rings is 1. The van der Waals surface area contributed by atoms with E-state index in [-0.39, 0.29) is 47.2 Å². The summed E-state index contributed by atoms with van der Waals surface area (Å²) in [6.45, 7) is 3.17. The first-order chi connectivity index (χ1) is 13.4. The minimum Gasteiger partial charge on any atom is -0.382 e. The van der Waals surface area contributed by atoms with Gasteiger partial charge in [-0.3, -0.25) is 14.4 Å². The van der Waals surface area contributed by atoms with Crippen LogP contribution in [-0.2, 0) is 9.59 Å². The Kier molecular flexibility index (Phi) is 4.91. The van der Waals surface area contributed by atoms with Crippen LogP contribution in [0.25, 0.3) is 0 Å². The van der Waals surface area contributed by atoms with E-state index in [1.165, 1.54) is 19.3 Å². The van der Waals surface area contributed by atoms with Gasteiger partial charge in [0.25, 0.3) is 5.91 Å². The lowest BCUT2D eigenvalue weighted by Gasteiger charge is -2.40. The van der Waals surface area contributed by atoms with Gasteiger partial charge in [0.05, 0.1) is 5.92 Å². The topological polar surface area (TPSA) is 122 Å². The number of carbonyl (C=O) groups is 3. The van der Waals surface area contributed by atoms with Crippen molar-refractivity contribution in [3.63, 3.8) is 0 Å². The van der Waals surface area contributed by atoms with Crippen molar-refractivity contribution in [2.45, 2.75) is 44.7 Å². The second kappa shape index (κ2) is 7.37. The van der Waals surface area contributed by atoms with Crippen molar-refractivity contribution in [1.82, 2.24) is 25.1 Å². The van der Waals surface area contributed by atoms with Gasteiger partial charge >= 0.3 is 0 Å². The van der Waals surface area contributed by atoms with E-state index < -0.39 is 0 Å². The fourth-order valence-electron chi connectivity index (χ4n) is 4.71. The molecule has 4 heterocycles. The molecule has 2 bridgehead atoms. The maximum Gasteiger partial charge on any atom is 0.276 e. The number of carbonyl (C=O) groups excluding carboxylic acids is 3. The number of amides is 3. The number of hydrogen-bond donors (Lipinski definition) is 2. The Labute approximate surface area is 163 Å². The average Bonchev–Trinajstić information content (AvgIpc) is 2.88. The van der Waals surface area contributed by atoms with Gasteiger partial charge < -0.3 is 20.9 Å². The largest absolute Gasteiger partial charge is 0.382 e. The van der Waals surface area contributed by atoms with Gasteiger partial charge in [-0.2, -0.15) is 0 Å². The summed E-state index contributed by atoms with van der Waals surface area (Å²) in [5, 5.41) is 3.04. The molecule has 4 rings (SSSR count). The molecule has 1 aromatic heterocycles. The van der Waals surface area contributed by atoms with E-state index in [1.54, 1.807) is 4.90 Å². The van der Waals surface area contributed by atoms with E-state index in [1.807, 2.05) is 4.90 Å². The molecule has 9 heteroatoms. The molecule has 3 fully saturated rings. The van der Waals surface area contributed by atoms with Crippen LogP contribution in [0.15, 0.2) is 12.4 Å². The van der Waals surface area contributed by atoms with Crippen LogP contribution < -0.4 is 11.1 Å². The Bertz CT molecular complexity index is 780. The zero-order valence-corrected chi connectivity index (χ0v) is 16.0. The van der Waals surface area contributed by atoms with Crippen LogP contribution in [0.2, 0.25) is 0 Å². The van der Waals surface area contributed by atoms with E-state index in [0.29, 0.717) is 25.6 Å². The summed E-state index contributed by atoms with van der Waals surface area (Å²) in [5.41, 5.74) is 6.06. The Hall–Kier alpha value is -2.71. The molecule has 0 aliphatic carbocycles. The second-order valence-corrected chi connectivity index (χ2v) is 8.09. The summed E-state index contributed by atoms with van der Waals surface area (Å²) in [7, 11) is 0. The van der Waals surface area contributed by atoms with E-state index in [4.69, 9.17) is 5.73 Å². The Morgan fingerprint density at radius 1 is 1.14 bits per heavy atom. The van der Waals surface area contributed by atoms with Gasteiger partial charge in [0.15, 0.2) is 11.5 Å². The van der Waals surface area contributed by atoms with Gasteiger partial charge in [-0.1, -0.05) is 0 Å². The lowest BCUT2D eigenvalue weighted by atomic mass is 9.90. The summed E-state index contributed by atoms with van der Waals surface area (Å²) in [6, 6.07) is 0.318. The quantitative estimate of drug-likeness (QED) is 0.753. The summed E-state index contributed by atoms with van der Waals surface area (Å²) in [6.07, 6.45) is 6.64. The minimum absolute atomic E-state index is 0.0152. The first-order valence-corrected chi connectivity index (χ1v) is 9.86. The second-order valence-electron chi connectivity index (χ2n) is 8.09. The third kappa shape index (κ3) is 3.41. The van der Waals surface area contributed by atoms with Gasteiger partial charge in [-0.15, -0.1) is 0 Å². The van der Waals surface area contributed by atoms with Gasteiger partial charge in [0, 0.05) is 51.0 Å².